The summed E-state index contributed by atoms with van der Waals surface area (Å²) in [7, 11) is 0. The fraction of sp³-hybridized carbons (Fsp3) is 0.273. The Morgan fingerprint density at radius 2 is 1.96 bits per heavy atom. The molecule has 1 aliphatic rings. The van der Waals surface area contributed by atoms with Crippen LogP contribution in [0.5, 0.6) is 0 Å². The summed E-state index contributed by atoms with van der Waals surface area (Å²) in [6.07, 6.45) is 1.26. The van der Waals surface area contributed by atoms with E-state index in [-0.39, 0.29) is 23.6 Å². The largest absolute Gasteiger partial charge is 0.423 e. The minimum absolute atomic E-state index is 0.0167. The minimum atomic E-state index is -0.380. The van der Waals surface area contributed by atoms with Crippen LogP contribution in [0.4, 0.5) is 5.69 Å². The van der Waals surface area contributed by atoms with Gasteiger partial charge in [0, 0.05) is 41.7 Å². The van der Waals surface area contributed by atoms with E-state index in [2.05, 4.69) is 0 Å². The third-order valence-corrected chi connectivity index (χ3v) is 5.25. The van der Waals surface area contributed by atoms with Crippen molar-refractivity contribution >= 4 is 22.6 Å². The van der Waals surface area contributed by atoms with Crippen molar-refractivity contribution in [1.82, 2.24) is 0 Å². The van der Waals surface area contributed by atoms with E-state index in [0.717, 1.165) is 27.8 Å². The molecule has 1 aromatic heterocycles. The predicted octanol–water partition coefficient (Wildman–Crippen LogP) is 3.53. The van der Waals surface area contributed by atoms with Crippen molar-refractivity contribution in [2.45, 2.75) is 38.8 Å². The second-order valence-electron chi connectivity index (χ2n) is 7.20. The van der Waals surface area contributed by atoms with Crippen LogP contribution < -0.4 is 16.3 Å². The van der Waals surface area contributed by atoms with Gasteiger partial charge in [0.2, 0.25) is 5.91 Å². The topological polar surface area (TPSA) is 76.5 Å². The van der Waals surface area contributed by atoms with Crippen molar-refractivity contribution in [2.24, 2.45) is 5.73 Å². The highest BCUT2D eigenvalue weighted by Gasteiger charge is 2.33. The molecule has 0 radical (unpaired) electrons. The molecule has 0 saturated carbocycles. The molecule has 3 aromatic rings. The molecule has 2 aromatic carbocycles. The zero-order valence-electron chi connectivity index (χ0n) is 15.4. The van der Waals surface area contributed by atoms with Crippen LogP contribution >= 0.6 is 0 Å². The van der Waals surface area contributed by atoms with Crippen molar-refractivity contribution in [3.8, 4) is 0 Å². The maximum Gasteiger partial charge on any atom is 0.336 e. The van der Waals surface area contributed by atoms with Crippen LogP contribution in [0.25, 0.3) is 11.0 Å². The monoisotopic (exact) mass is 362 g/mol. The first-order chi connectivity index (χ1) is 13.0. The average Bonchev–Trinajstić information content (AvgIpc) is 2.61. The number of benzene rings is 2. The van der Waals surface area contributed by atoms with Crippen LogP contribution in [0.1, 0.15) is 43.0 Å². The highest BCUT2D eigenvalue weighted by atomic mass is 16.4. The molecule has 1 aliphatic heterocycles. The molecule has 27 heavy (non-hydrogen) atoms. The molecule has 4 rings (SSSR count). The van der Waals surface area contributed by atoms with Gasteiger partial charge in [-0.2, -0.15) is 0 Å². The number of amides is 1. The Morgan fingerprint density at radius 3 is 2.67 bits per heavy atom. The highest BCUT2D eigenvalue weighted by molar-refractivity contribution is 5.99. The Balaban J connectivity index is 1.99. The zero-order valence-corrected chi connectivity index (χ0v) is 15.4. The van der Waals surface area contributed by atoms with Crippen molar-refractivity contribution in [1.29, 1.82) is 0 Å². The van der Waals surface area contributed by atoms with Gasteiger partial charge in [0.25, 0.3) is 0 Å². The number of nitrogens with zero attached hydrogens (tertiary/aromatic N) is 1. The smallest absolute Gasteiger partial charge is 0.336 e. The Kier molecular flexibility index (Phi) is 4.32. The number of carbonyl (C=O) groups excluding carboxylic acids is 1. The van der Waals surface area contributed by atoms with Gasteiger partial charge in [-0.25, -0.2) is 4.79 Å². The van der Waals surface area contributed by atoms with Crippen LogP contribution in [0, 0.1) is 0 Å². The zero-order chi connectivity index (χ0) is 19.1. The van der Waals surface area contributed by atoms with Gasteiger partial charge in [-0.1, -0.05) is 30.3 Å². The summed E-state index contributed by atoms with van der Waals surface area (Å²) in [6, 6.07) is 14.9. The van der Waals surface area contributed by atoms with E-state index < -0.39 is 0 Å². The van der Waals surface area contributed by atoms with E-state index in [9.17, 15) is 9.59 Å². The molecule has 0 unspecified atom stereocenters. The molecule has 0 aliphatic carbocycles. The van der Waals surface area contributed by atoms with Gasteiger partial charge in [-0.15, -0.1) is 0 Å². The van der Waals surface area contributed by atoms with E-state index in [1.165, 1.54) is 0 Å². The molecule has 2 N–H and O–H groups in total. The maximum atomic E-state index is 12.3. The van der Waals surface area contributed by atoms with Crippen LogP contribution in [0.15, 0.2) is 57.7 Å². The lowest BCUT2D eigenvalue weighted by Crippen LogP contribution is -2.43. The Morgan fingerprint density at radius 1 is 1.22 bits per heavy atom. The van der Waals surface area contributed by atoms with Gasteiger partial charge in [0.15, 0.2) is 0 Å². The van der Waals surface area contributed by atoms with Gasteiger partial charge in [0.05, 0.1) is 0 Å². The summed E-state index contributed by atoms with van der Waals surface area (Å²) >= 11 is 0. The first kappa shape index (κ1) is 17.5. The molecule has 0 saturated heterocycles. The molecule has 0 spiro atoms. The fourth-order valence-corrected chi connectivity index (χ4v) is 4.21. The van der Waals surface area contributed by atoms with E-state index in [1.807, 2.05) is 43.3 Å². The number of hydrogen-bond donors (Lipinski definition) is 1. The lowest BCUT2D eigenvalue weighted by molar-refractivity contribution is -0.117. The van der Waals surface area contributed by atoms with Crippen LogP contribution in [0.2, 0.25) is 0 Å². The van der Waals surface area contributed by atoms with Gasteiger partial charge >= 0.3 is 5.63 Å². The van der Waals surface area contributed by atoms with Gasteiger partial charge < -0.3 is 15.1 Å². The summed E-state index contributed by atoms with van der Waals surface area (Å²) in [6.45, 7) is 3.57. The molecule has 2 atom stereocenters. The molecule has 0 fully saturated rings. The fourth-order valence-electron chi connectivity index (χ4n) is 4.21. The number of rotatable bonds is 2. The first-order valence-electron chi connectivity index (χ1n) is 9.14. The molecule has 138 valence electrons. The normalized spacial score (nSPS) is 19.1. The maximum absolute atomic E-state index is 12.3. The third kappa shape index (κ3) is 3.04. The Labute approximate surface area is 157 Å². The summed E-state index contributed by atoms with van der Waals surface area (Å²) in [5.41, 5.74) is 10.3. The second kappa shape index (κ2) is 6.67. The van der Waals surface area contributed by atoms with Gasteiger partial charge in [0.1, 0.15) is 5.58 Å². The number of nitrogens with two attached hydrogens (primary N) is 1. The average molecular weight is 362 g/mol. The number of hydrogen-bond acceptors (Lipinski definition) is 4. The van der Waals surface area contributed by atoms with Crippen molar-refractivity contribution in [2.75, 3.05) is 4.90 Å². The lowest BCUT2D eigenvalue weighted by atomic mass is 9.87. The molecule has 0 bridgehead atoms. The van der Waals surface area contributed by atoms with Crippen molar-refractivity contribution in [3.05, 3.63) is 75.6 Å². The summed E-state index contributed by atoms with van der Waals surface area (Å²) in [5.74, 6) is -0.0167. The lowest BCUT2D eigenvalue weighted by Gasteiger charge is -2.38. The van der Waals surface area contributed by atoms with E-state index in [0.29, 0.717) is 18.4 Å². The quantitative estimate of drug-likeness (QED) is 0.708. The molecular formula is C22H22N2O3. The summed E-state index contributed by atoms with van der Waals surface area (Å²) in [4.78, 5) is 26.1. The minimum Gasteiger partial charge on any atom is -0.423 e. The summed E-state index contributed by atoms with van der Waals surface area (Å²) < 4.78 is 5.46. The van der Waals surface area contributed by atoms with Crippen LogP contribution in [0.3, 0.4) is 0 Å². The Hall–Kier alpha value is -2.92. The SMILES string of the molecule is CC(=O)N1c2ccc3oc(=O)cc(Cc4ccccc4)c3c2[C@H](N)C[C@@H]1C. The van der Waals surface area contributed by atoms with E-state index >= 15 is 0 Å². The van der Waals surface area contributed by atoms with Crippen LogP contribution in [-0.4, -0.2) is 11.9 Å². The van der Waals surface area contributed by atoms with Gasteiger partial charge in [-0.3, -0.25) is 4.79 Å². The second-order valence-corrected chi connectivity index (χ2v) is 7.20. The molecule has 2 heterocycles. The van der Waals surface area contributed by atoms with Crippen molar-refractivity contribution < 1.29 is 9.21 Å². The predicted molar refractivity (Wildman–Crippen MR) is 106 cm³/mol. The molecule has 5 nitrogen and oxygen atoms in total. The molecule has 1 amide bonds. The number of fused-ring (bicyclic) bond motifs is 3. The van der Waals surface area contributed by atoms with Gasteiger partial charge in [-0.05, 0) is 43.0 Å². The first-order valence-corrected chi connectivity index (χ1v) is 9.14. The Bertz CT molecular complexity index is 1070. The summed E-state index contributed by atoms with van der Waals surface area (Å²) in [5, 5.41) is 0.849. The van der Waals surface area contributed by atoms with E-state index in [1.54, 1.807) is 24.0 Å². The third-order valence-electron chi connectivity index (χ3n) is 5.25. The van der Waals surface area contributed by atoms with E-state index in [4.69, 9.17) is 10.2 Å². The van der Waals surface area contributed by atoms with Crippen molar-refractivity contribution in [3.63, 3.8) is 0 Å². The highest BCUT2D eigenvalue weighted by Crippen LogP contribution is 2.41. The number of carbonyl (C=O) groups is 1. The number of anilines is 1. The standard InChI is InChI=1S/C22H22N2O3/c1-13-10-17(23)22-18(24(13)14(2)25)8-9-19-21(22)16(12-20(26)27-19)11-15-6-4-3-5-7-15/h3-9,12-13,17H,10-11,23H2,1-2H3/t13-,17+/m0/s1. The molecular weight excluding hydrogens is 340 g/mol. The van der Waals surface area contributed by atoms with Crippen LogP contribution in [-0.2, 0) is 11.2 Å². The molecule has 5 heteroatoms.